The van der Waals surface area contributed by atoms with Gasteiger partial charge in [-0.05, 0) is 140 Å². The fourth-order valence-corrected chi connectivity index (χ4v) is 6.29. The van der Waals surface area contributed by atoms with Crippen molar-refractivity contribution in [1.82, 2.24) is 0 Å². The zero-order chi connectivity index (χ0) is 43.7. The van der Waals surface area contributed by atoms with Crippen LogP contribution in [0.3, 0.4) is 0 Å². The van der Waals surface area contributed by atoms with E-state index in [1.54, 1.807) is 103 Å². The van der Waals surface area contributed by atoms with E-state index in [9.17, 15) is 25.5 Å². The van der Waals surface area contributed by atoms with Gasteiger partial charge in [-0.15, -0.1) is 5.11 Å². The second-order valence-electron chi connectivity index (χ2n) is 12.8. The third-order valence-electron chi connectivity index (χ3n) is 8.57. The minimum Gasteiger partial charge on any atom is -0.691 e. The SMILES string of the molecule is Cc1cc(N=Nc2c(SOO[O-])cc3cc(NCOc4ccc(NCOCCC(=O)[O-])cc4)ccc3c2O)c(C)cc1N=Nc1ccc(N=Nc2ccc(SOO[O-])cc2)cc1.[Na+].[Na+].[Na+]. The molecular formula is C41H35N8Na3O11S2. The third kappa shape index (κ3) is 17.6. The Morgan fingerprint density at radius 2 is 1.18 bits per heavy atom. The Morgan fingerprint density at radius 1 is 0.646 bits per heavy atom. The second-order valence-corrected chi connectivity index (χ2v) is 14.3. The monoisotopic (exact) mass is 948 g/mol. The van der Waals surface area contributed by atoms with E-state index in [0.717, 1.165) is 28.9 Å². The number of nitrogens with zero attached hydrogens (tertiary/aromatic N) is 6. The number of aliphatic carboxylic acids is 1. The number of fused-ring (bicyclic) bond motifs is 1. The Hall–Kier alpha value is -3.53. The molecule has 6 rings (SSSR count). The van der Waals surface area contributed by atoms with Crippen LogP contribution in [-0.4, -0.2) is 31.1 Å². The molecule has 6 aromatic rings. The first-order valence-electron chi connectivity index (χ1n) is 18.3. The minimum absolute atomic E-state index is 0. The number of hydrogen-bond donors (Lipinski definition) is 3. The van der Waals surface area contributed by atoms with E-state index in [4.69, 9.17) is 9.47 Å². The van der Waals surface area contributed by atoms with Crippen molar-refractivity contribution in [3.63, 3.8) is 0 Å². The van der Waals surface area contributed by atoms with Crippen LogP contribution in [0, 0.1) is 13.8 Å². The summed E-state index contributed by atoms with van der Waals surface area (Å²) in [5, 5.41) is 82.8. The Labute approximate surface area is 447 Å². The van der Waals surface area contributed by atoms with Crippen LogP contribution < -0.4 is 120 Å². The number of azo groups is 3. The summed E-state index contributed by atoms with van der Waals surface area (Å²) < 4.78 is 19.9. The van der Waals surface area contributed by atoms with Crippen LogP contribution >= 0.6 is 24.1 Å². The number of phenolic OH excluding ortho intramolecular Hbond substituents is 1. The van der Waals surface area contributed by atoms with Crippen LogP contribution in [0.4, 0.5) is 45.5 Å². The molecule has 0 aliphatic carbocycles. The van der Waals surface area contributed by atoms with Gasteiger partial charge in [-0.25, -0.2) is 0 Å². The number of rotatable bonds is 22. The standard InChI is InChI=1S/C41H38N8O11S2.3Na/c1-25-20-37(26(2)19-36(25)47-46-30-5-3-29(4-6-30)44-45-31-9-14-34(15-10-31)61-59-57-53)48-49-40-38(62-60-58-54)22-27-21-32(11-16-35(27)41(40)52)43-24-56-33-12-7-28(8-13-33)42-23-55-18-17-39(50)51;;;/h3-16,19-22,42-43,52-54H,17-18,23-24H2,1-2H3,(H,50,51);;;/q;3*+1/p-3. The number of carbonyl (C=O) groups is 1. The van der Waals surface area contributed by atoms with E-state index in [1.165, 1.54) is 0 Å². The Bertz CT molecular complexity index is 2550. The average molecular weight is 949 g/mol. The first kappa shape index (κ1) is 55.8. The molecule has 0 unspecified atom stereocenters. The van der Waals surface area contributed by atoms with Crippen molar-refractivity contribution in [2.75, 3.05) is 30.7 Å². The molecule has 0 radical (unpaired) electrons. The van der Waals surface area contributed by atoms with E-state index < -0.39 is 5.97 Å². The first-order chi connectivity index (χ1) is 30.2. The Kier molecular flexibility index (Phi) is 25.1. The largest absolute Gasteiger partial charge is 1.00 e. The molecule has 0 aliphatic heterocycles. The molecule has 0 saturated heterocycles. The van der Waals surface area contributed by atoms with Gasteiger partial charge in [0.05, 0.1) is 64.0 Å². The summed E-state index contributed by atoms with van der Waals surface area (Å²) in [6.45, 7) is 4.01. The predicted molar refractivity (Wildman–Crippen MR) is 223 cm³/mol. The number of ether oxygens (including phenoxy) is 2. The molecule has 0 bridgehead atoms. The van der Waals surface area contributed by atoms with Gasteiger partial charge in [0.25, 0.3) is 0 Å². The molecule has 0 aliphatic rings. The number of carbonyl (C=O) groups excluding carboxylic acids is 1. The van der Waals surface area contributed by atoms with E-state index in [0.29, 0.717) is 67.6 Å². The molecule has 0 fully saturated rings. The van der Waals surface area contributed by atoms with Crippen molar-refractivity contribution in [3.05, 3.63) is 120 Å². The van der Waals surface area contributed by atoms with Gasteiger partial charge in [-0.1, -0.05) is 0 Å². The van der Waals surface area contributed by atoms with E-state index >= 15 is 0 Å². The zero-order valence-corrected chi connectivity index (χ0v) is 43.4. The maximum atomic E-state index is 11.3. The van der Waals surface area contributed by atoms with Gasteiger partial charge in [-0.2, -0.15) is 34.2 Å². The van der Waals surface area contributed by atoms with Gasteiger partial charge in [0.2, 0.25) is 0 Å². The topological polar surface area (TPSA) is 260 Å². The van der Waals surface area contributed by atoms with Crippen molar-refractivity contribution in [3.8, 4) is 11.5 Å². The van der Waals surface area contributed by atoms with Gasteiger partial charge in [0, 0.05) is 34.0 Å². The number of nitrogens with one attached hydrogen (secondary N) is 2. The normalized spacial score (nSPS) is 11.1. The summed E-state index contributed by atoms with van der Waals surface area (Å²) in [6.07, 6.45) is -0.179. The fraction of sp³-hybridized carbons (Fsp3) is 0.146. The summed E-state index contributed by atoms with van der Waals surface area (Å²) >= 11 is 1.36. The molecule has 0 atom stereocenters. The smallest absolute Gasteiger partial charge is 0.691 e. The summed E-state index contributed by atoms with van der Waals surface area (Å²) in [7, 11) is 0. The van der Waals surface area contributed by atoms with E-state index in [-0.39, 0.29) is 131 Å². The minimum atomic E-state index is -1.17. The molecule has 65 heavy (non-hydrogen) atoms. The molecule has 0 aromatic heterocycles. The summed E-state index contributed by atoms with van der Waals surface area (Å²) in [4.78, 5) is 11.4. The molecule has 19 nitrogen and oxygen atoms in total. The van der Waals surface area contributed by atoms with Crippen molar-refractivity contribution in [1.29, 1.82) is 0 Å². The molecule has 6 aromatic carbocycles. The molecule has 320 valence electrons. The third-order valence-corrected chi connectivity index (χ3v) is 9.77. The summed E-state index contributed by atoms with van der Waals surface area (Å²) in [5.74, 6) is -0.765. The summed E-state index contributed by atoms with van der Waals surface area (Å²) in [5.41, 5.74) is 5.94. The van der Waals surface area contributed by atoms with Crippen molar-refractivity contribution < 1.29 is 142 Å². The Morgan fingerprint density at radius 3 is 1.78 bits per heavy atom. The maximum absolute atomic E-state index is 11.3. The van der Waals surface area contributed by atoms with Crippen LogP contribution in [0.15, 0.2) is 150 Å². The average Bonchev–Trinajstić information content (AvgIpc) is 3.28. The number of phenols is 1. The van der Waals surface area contributed by atoms with E-state index in [1.807, 2.05) is 19.9 Å². The molecule has 3 N–H and O–H groups in total. The van der Waals surface area contributed by atoms with Gasteiger partial charge < -0.3 is 45.6 Å². The number of carboxylic acid groups (broad SMARTS) is 1. The van der Waals surface area contributed by atoms with Crippen LogP contribution in [0.1, 0.15) is 17.5 Å². The number of anilines is 2. The van der Waals surface area contributed by atoms with E-state index in [2.05, 4.69) is 60.1 Å². The molecular weight excluding hydrogens is 914 g/mol. The fourth-order valence-electron chi connectivity index (χ4n) is 5.45. The van der Waals surface area contributed by atoms with Crippen LogP contribution in [0.25, 0.3) is 10.8 Å². The van der Waals surface area contributed by atoms with Crippen LogP contribution in [0.5, 0.6) is 11.5 Å². The molecule has 0 amide bonds. The van der Waals surface area contributed by atoms with Crippen molar-refractivity contribution in [2.24, 2.45) is 30.7 Å². The second kappa shape index (κ2) is 29.3. The number of benzene rings is 6. The van der Waals surface area contributed by atoms with Gasteiger partial charge >= 0.3 is 88.7 Å². The predicted octanol–water partition coefficient (Wildman–Crippen LogP) is -0.144. The molecule has 0 saturated carbocycles. The quantitative estimate of drug-likeness (QED) is 0.0152. The zero-order valence-electron chi connectivity index (χ0n) is 35.8. The van der Waals surface area contributed by atoms with Crippen molar-refractivity contribution in [2.45, 2.75) is 30.1 Å². The Balaban J connectivity index is 0.00000374. The number of aromatic hydroxyl groups is 1. The first-order valence-corrected chi connectivity index (χ1v) is 19.8. The maximum Gasteiger partial charge on any atom is 1.00 e. The number of hydrogen-bond acceptors (Lipinski definition) is 21. The van der Waals surface area contributed by atoms with Gasteiger partial charge in [0.15, 0.2) is 12.5 Å². The molecule has 24 heteroatoms. The van der Waals surface area contributed by atoms with Crippen molar-refractivity contribution >= 4 is 86.3 Å². The molecule has 0 spiro atoms. The van der Waals surface area contributed by atoms with Crippen LogP contribution in [-0.2, 0) is 28.3 Å². The molecule has 0 heterocycles. The number of carboxylic acids is 1. The van der Waals surface area contributed by atoms with Gasteiger partial charge in [0.1, 0.15) is 18.2 Å². The van der Waals surface area contributed by atoms with Crippen LogP contribution in [0.2, 0.25) is 0 Å². The van der Waals surface area contributed by atoms with Gasteiger partial charge in [-0.3, -0.25) is 10.1 Å². The number of aryl methyl sites for hydroxylation is 2. The summed E-state index contributed by atoms with van der Waals surface area (Å²) in [6, 6.07) is 31.5.